The molecule has 1 saturated carbocycles. The van der Waals surface area contributed by atoms with Crippen LogP contribution in [0.15, 0.2) is 24.3 Å². The lowest BCUT2D eigenvalue weighted by molar-refractivity contribution is -0.183. The molecule has 1 unspecified atom stereocenters. The Hall–Kier alpha value is -1.97. The number of nitrogens with one attached hydrogen (secondary N) is 1. The number of nitriles is 1. The van der Waals surface area contributed by atoms with E-state index in [4.69, 9.17) is 9.47 Å². The van der Waals surface area contributed by atoms with E-state index in [1.807, 2.05) is 6.92 Å². The highest BCUT2D eigenvalue weighted by Crippen LogP contribution is 2.40. The van der Waals surface area contributed by atoms with Crippen molar-refractivity contribution in [2.75, 3.05) is 13.2 Å². The van der Waals surface area contributed by atoms with Crippen molar-refractivity contribution in [2.45, 2.75) is 56.3 Å². The fraction of sp³-hybridized carbons (Fsp3) is 0.579. The van der Waals surface area contributed by atoms with E-state index in [-0.39, 0.29) is 24.1 Å². The van der Waals surface area contributed by atoms with Gasteiger partial charge in [0.05, 0.1) is 19.3 Å². The molecule has 0 aromatic heterocycles. The van der Waals surface area contributed by atoms with Crippen LogP contribution in [0.2, 0.25) is 0 Å². The summed E-state index contributed by atoms with van der Waals surface area (Å²) < 4.78 is 24.4. The van der Waals surface area contributed by atoms with Crippen molar-refractivity contribution in [2.24, 2.45) is 0 Å². The zero-order valence-corrected chi connectivity index (χ0v) is 14.4. The molecule has 25 heavy (non-hydrogen) atoms. The summed E-state index contributed by atoms with van der Waals surface area (Å²) in [5.74, 6) is -1.07. The molecule has 1 saturated heterocycles. The monoisotopic (exact) mass is 346 g/mol. The lowest BCUT2D eigenvalue weighted by Crippen LogP contribution is -2.53. The minimum atomic E-state index is -0.861. The highest BCUT2D eigenvalue weighted by molar-refractivity contribution is 5.78. The van der Waals surface area contributed by atoms with E-state index < -0.39 is 11.3 Å². The van der Waals surface area contributed by atoms with Crippen molar-refractivity contribution in [3.63, 3.8) is 0 Å². The Balaban J connectivity index is 1.57. The van der Waals surface area contributed by atoms with Crippen LogP contribution in [-0.4, -0.2) is 30.4 Å². The molecule has 0 radical (unpaired) electrons. The van der Waals surface area contributed by atoms with Crippen molar-refractivity contribution in [3.8, 4) is 6.07 Å². The van der Waals surface area contributed by atoms with Gasteiger partial charge in [0.25, 0.3) is 0 Å². The minimum absolute atomic E-state index is 0.0484. The van der Waals surface area contributed by atoms with Crippen molar-refractivity contribution in [3.05, 3.63) is 35.6 Å². The average Bonchev–Trinajstić information content (AvgIpc) is 3.06. The van der Waals surface area contributed by atoms with Gasteiger partial charge in [-0.25, -0.2) is 4.39 Å². The van der Waals surface area contributed by atoms with E-state index in [0.29, 0.717) is 38.9 Å². The first-order valence-electron chi connectivity index (χ1n) is 8.72. The van der Waals surface area contributed by atoms with Crippen LogP contribution < -0.4 is 5.32 Å². The zero-order chi connectivity index (χ0) is 17.9. The molecule has 1 heterocycles. The van der Waals surface area contributed by atoms with Gasteiger partial charge in [-0.3, -0.25) is 4.79 Å². The van der Waals surface area contributed by atoms with E-state index in [0.717, 1.165) is 5.56 Å². The number of benzene rings is 1. The van der Waals surface area contributed by atoms with Crippen LogP contribution in [0.4, 0.5) is 4.39 Å². The van der Waals surface area contributed by atoms with Gasteiger partial charge in [0.15, 0.2) is 5.79 Å². The predicted octanol–water partition coefficient (Wildman–Crippen LogP) is 3.01. The second-order valence-corrected chi connectivity index (χ2v) is 7.01. The van der Waals surface area contributed by atoms with Crippen LogP contribution >= 0.6 is 0 Å². The number of rotatable bonds is 4. The van der Waals surface area contributed by atoms with Gasteiger partial charge < -0.3 is 14.8 Å². The number of ether oxygens (including phenoxy) is 2. The maximum Gasteiger partial charge on any atom is 0.221 e. The molecule has 1 amide bonds. The van der Waals surface area contributed by atoms with Gasteiger partial charge in [-0.1, -0.05) is 19.1 Å². The summed E-state index contributed by atoms with van der Waals surface area (Å²) in [6.07, 6.45) is 2.50. The van der Waals surface area contributed by atoms with Gasteiger partial charge in [0, 0.05) is 19.3 Å². The van der Waals surface area contributed by atoms with E-state index in [2.05, 4.69) is 11.4 Å². The molecule has 1 N–H and O–H groups in total. The maximum atomic E-state index is 13.0. The van der Waals surface area contributed by atoms with Gasteiger partial charge in [0.2, 0.25) is 5.91 Å². The summed E-state index contributed by atoms with van der Waals surface area (Å²) in [4.78, 5) is 12.4. The highest BCUT2D eigenvalue weighted by atomic mass is 19.1. The molecule has 0 bridgehead atoms. The summed E-state index contributed by atoms with van der Waals surface area (Å²) in [5, 5.41) is 12.5. The summed E-state index contributed by atoms with van der Waals surface area (Å²) in [6.45, 7) is 3.09. The first kappa shape index (κ1) is 17.8. The Morgan fingerprint density at radius 3 is 2.40 bits per heavy atom. The van der Waals surface area contributed by atoms with Crippen molar-refractivity contribution in [1.82, 2.24) is 5.32 Å². The predicted molar refractivity (Wildman–Crippen MR) is 89.0 cm³/mol. The molecule has 6 heteroatoms. The number of carbonyl (C=O) groups is 1. The SMILES string of the molecule is CC(CC(=O)NC1(C#N)CCC2(CC1)OCCO2)c1ccc(F)cc1. The number of halogens is 1. The molecule has 1 aliphatic carbocycles. The molecule has 3 rings (SSSR count). The van der Waals surface area contributed by atoms with Gasteiger partial charge in [-0.2, -0.15) is 5.26 Å². The Kier molecular flexibility index (Phi) is 5.07. The van der Waals surface area contributed by atoms with Crippen LogP contribution in [0.3, 0.4) is 0 Å². The van der Waals surface area contributed by atoms with E-state index in [1.165, 1.54) is 12.1 Å². The third-order valence-electron chi connectivity index (χ3n) is 5.20. The molecule has 1 aromatic carbocycles. The van der Waals surface area contributed by atoms with E-state index in [1.54, 1.807) is 12.1 Å². The van der Waals surface area contributed by atoms with Crippen molar-refractivity contribution in [1.29, 1.82) is 5.26 Å². The molecule has 2 fully saturated rings. The molecule has 5 nitrogen and oxygen atoms in total. The molecule has 1 aromatic rings. The van der Waals surface area contributed by atoms with Gasteiger partial charge in [0.1, 0.15) is 11.4 Å². The minimum Gasteiger partial charge on any atom is -0.348 e. The zero-order valence-electron chi connectivity index (χ0n) is 14.4. The Labute approximate surface area is 147 Å². The number of hydrogen-bond acceptors (Lipinski definition) is 4. The van der Waals surface area contributed by atoms with Gasteiger partial charge >= 0.3 is 0 Å². The first-order chi connectivity index (χ1) is 12.0. The number of carbonyl (C=O) groups excluding carboxylic acids is 1. The molecule has 1 aliphatic heterocycles. The highest BCUT2D eigenvalue weighted by Gasteiger charge is 2.47. The van der Waals surface area contributed by atoms with Gasteiger partial charge in [-0.05, 0) is 36.5 Å². The second-order valence-electron chi connectivity index (χ2n) is 7.01. The van der Waals surface area contributed by atoms with Crippen molar-refractivity contribution >= 4 is 5.91 Å². The van der Waals surface area contributed by atoms with E-state index in [9.17, 15) is 14.4 Å². The largest absolute Gasteiger partial charge is 0.348 e. The normalized spacial score (nSPS) is 22.3. The van der Waals surface area contributed by atoms with Gasteiger partial charge in [-0.15, -0.1) is 0 Å². The fourth-order valence-electron chi connectivity index (χ4n) is 3.61. The molecular formula is C19H23FN2O3. The van der Waals surface area contributed by atoms with Crippen LogP contribution in [0.25, 0.3) is 0 Å². The summed E-state index contributed by atoms with van der Waals surface area (Å²) >= 11 is 0. The fourth-order valence-corrected chi connectivity index (χ4v) is 3.61. The van der Waals surface area contributed by atoms with Crippen LogP contribution in [-0.2, 0) is 14.3 Å². The summed E-state index contributed by atoms with van der Waals surface area (Å²) in [7, 11) is 0. The smallest absolute Gasteiger partial charge is 0.221 e. The Bertz CT molecular complexity index is 652. The molecule has 2 aliphatic rings. The van der Waals surface area contributed by atoms with Crippen LogP contribution in [0, 0.1) is 17.1 Å². The third kappa shape index (κ3) is 4.00. The number of hydrogen-bond donors (Lipinski definition) is 1. The molecular weight excluding hydrogens is 323 g/mol. The lowest BCUT2D eigenvalue weighted by Gasteiger charge is -2.40. The molecule has 1 spiro atoms. The lowest BCUT2D eigenvalue weighted by atomic mass is 9.79. The van der Waals surface area contributed by atoms with Crippen LogP contribution in [0.5, 0.6) is 0 Å². The topological polar surface area (TPSA) is 71.4 Å². The van der Waals surface area contributed by atoms with E-state index >= 15 is 0 Å². The summed E-state index contributed by atoms with van der Waals surface area (Å²) in [5.41, 5.74) is 0.0399. The Morgan fingerprint density at radius 1 is 1.24 bits per heavy atom. The van der Waals surface area contributed by atoms with Crippen LogP contribution in [0.1, 0.15) is 50.5 Å². The Morgan fingerprint density at radius 2 is 1.84 bits per heavy atom. The standard InChI is InChI=1S/C19H23FN2O3/c1-14(15-2-4-16(20)5-3-15)12-17(23)22-18(13-21)6-8-19(9-7-18)24-10-11-25-19/h2-5,14H,6-12H2,1H3,(H,22,23). The summed E-state index contributed by atoms with van der Waals surface area (Å²) in [6, 6.07) is 8.44. The second kappa shape index (κ2) is 7.11. The number of amides is 1. The maximum absolute atomic E-state index is 13.0. The molecule has 134 valence electrons. The first-order valence-corrected chi connectivity index (χ1v) is 8.72. The number of nitrogens with zero attached hydrogens (tertiary/aromatic N) is 1. The average molecular weight is 346 g/mol. The molecule has 1 atom stereocenters. The third-order valence-corrected chi connectivity index (χ3v) is 5.20. The van der Waals surface area contributed by atoms with Crippen molar-refractivity contribution < 1.29 is 18.7 Å². The quantitative estimate of drug-likeness (QED) is 0.910.